The molecule has 1 saturated heterocycles. The van der Waals surface area contributed by atoms with Gasteiger partial charge in [0.15, 0.2) is 0 Å². The topological polar surface area (TPSA) is 76.2 Å². The maximum Gasteiger partial charge on any atom is 0.336 e. The zero-order chi connectivity index (χ0) is 24.9. The number of morpholine rings is 1. The number of hydrogen-bond acceptors (Lipinski definition) is 5. The summed E-state index contributed by atoms with van der Waals surface area (Å²) in [6.45, 7) is 8.45. The number of aryl methyl sites for hydroxylation is 1. The Labute approximate surface area is 206 Å². The highest BCUT2D eigenvalue weighted by Crippen LogP contribution is 2.38. The molecule has 2 aromatic carbocycles. The van der Waals surface area contributed by atoms with Crippen LogP contribution in [0.2, 0.25) is 0 Å². The van der Waals surface area contributed by atoms with Crippen LogP contribution in [0, 0.1) is 6.92 Å². The Balaban J connectivity index is 1.58. The van der Waals surface area contributed by atoms with E-state index < -0.39 is 0 Å². The minimum Gasteiger partial charge on any atom is -0.463 e. The highest BCUT2D eigenvalue weighted by atomic mass is 16.5. The van der Waals surface area contributed by atoms with Crippen LogP contribution in [0.5, 0.6) is 0 Å². The van der Waals surface area contributed by atoms with Gasteiger partial charge in [-0.3, -0.25) is 9.59 Å². The van der Waals surface area contributed by atoms with Crippen molar-refractivity contribution < 1.29 is 23.9 Å². The zero-order valence-corrected chi connectivity index (χ0v) is 20.6. The third-order valence-electron chi connectivity index (χ3n) is 6.60. The average molecular weight is 477 g/mol. The maximum atomic E-state index is 13.3. The highest BCUT2D eigenvalue weighted by Gasteiger charge is 2.37. The second-order valence-electron chi connectivity index (χ2n) is 8.97. The van der Waals surface area contributed by atoms with Gasteiger partial charge < -0.3 is 19.3 Å². The molecule has 0 aromatic heterocycles. The first kappa shape index (κ1) is 24.7. The monoisotopic (exact) mass is 476 g/mol. The Morgan fingerprint density at radius 2 is 1.77 bits per heavy atom. The van der Waals surface area contributed by atoms with E-state index in [0.717, 1.165) is 16.7 Å². The smallest absolute Gasteiger partial charge is 0.336 e. The predicted octanol–water partition coefficient (Wildman–Crippen LogP) is 3.82. The molecule has 1 atom stereocenters. The van der Waals surface area contributed by atoms with E-state index in [1.807, 2.05) is 50.2 Å². The van der Waals surface area contributed by atoms with Crippen molar-refractivity contribution in [1.82, 2.24) is 9.80 Å². The third-order valence-corrected chi connectivity index (χ3v) is 6.60. The number of hydrogen-bond donors (Lipinski definition) is 0. The summed E-state index contributed by atoms with van der Waals surface area (Å²) in [6, 6.07) is 15.2. The molecule has 2 aliphatic heterocycles. The van der Waals surface area contributed by atoms with Crippen molar-refractivity contribution in [2.75, 3.05) is 32.9 Å². The Morgan fingerprint density at radius 3 is 2.43 bits per heavy atom. The molecular formula is C28H32N2O5. The van der Waals surface area contributed by atoms with Gasteiger partial charge in [-0.05, 0) is 44.0 Å². The molecule has 184 valence electrons. The van der Waals surface area contributed by atoms with E-state index in [4.69, 9.17) is 9.47 Å². The van der Waals surface area contributed by atoms with Crippen molar-refractivity contribution in [3.8, 4) is 0 Å². The Bertz CT molecular complexity index is 1130. The summed E-state index contributed by atoms with van der Waals surface area (Å²) in [6.07, 6.45) is 0.197. The van der Waals surface area contributed by atoms with Crippen molar-refractivity contribution in [2.24, 2.45) is 0 Å². The van der Waals surface area contributed by atoms with E-state index in [1.54, 1.807) is 28.9 Å². The number of allylic oxidation sites excluding steroid dienone is 1. The first-order valence-corrected chi connectivity index (χ1v) is 12.1. The maximum absolute atomic E-state index is 13.3. The lowest BCUT2D eigenvalue weighted by atomic mass is 9.83. The number of amides is 2. The van der Waals surface area contributed by atoms with Gasteiger partial charge in [-0.1, -0.05) is 42.0 Å². The first-order chi connectivity index (χ1) is 16.9. The fraction of sp³-hybridized carbons (Fsp3) is 0.393. The average Bonchev–Trinajstić information content (AvgIpc) is 2.86. The third kappa shape index (κ3) is 5.46. The second-order valence-corrected chi connectivity index (χ2v) is 8.97. The first-order valence-electron chi connectivity index (χ1n) is 12.1. The molecule has 2 heterocycles. The summed E-state index contributed by atoms with van der Waals surface area (Å²) in [4.78, 5) is 42.4. The Hall–Kier alpha value is -3.45. The molecule has 0 spiro atoms. The van der Waals surface area contributed by atoms with Crippen LogP contribution in [0.3, 0.4) is 0 Å². The number of ether oxygens (including phenoxy) is 2. The fourth-order valence-electron chi connectivity index (χ4n) is 4.73. The van der Waals surface area contributed by atoms with Crippen LogP contribution in [0.4, 0.5) is 0 Å². The summed E-state index contributed by atoms with van der Waals surface area (Å²) in [5, 5.41) is 0. The molecule has 2 aliphatic rings. The number of rotatable bonds is 6. The summed E-state index contributed by atoms with van der Waals surface area (Å²) in [5.41, 5.74) is 4.64. The van der Waals surface area contributed by atoms with E-state index in [9.17, 15) is 14.4 Å². The molecule has 2 amide bonds. The van der Waals surface area contributed by atoms with E-state index in [-0.39, 0.29) is 36.7 Å². The number of nitrogens with zero attached hydrogens (tertiary/aromatic N) is 2. The van der Waals surface area contributed by atoms with Crippen LogP contribution >= 0.6 is 0 Å². The molecule has 2 aromatic rings. The molecule has 0 N–H and O–H groups in total. The summed E-state index contributed by atoms with van der Waals surface area (Å²) >= 11 is 0. The fourth-order valence-corrected chi connectivity index (χ4v) is 4.73. The van der Waals surface area contributed by atoms with E-state index in [1.165, 1.54) is 0 Å². The quantitative estimate of drug-likeness (QED) is 0.593. The molecule has 1 unspecified atom stereocenters. The predicted molar refractivity (Wildman–Crippen MR) is 132 cm³/mol. The van der Waals surface area contributed by atoms with Crippen LogP contribution in [0.15, 0.2) is 59.8 Å². The number of benzene rings is 2. The van der Waals surface area contributed by atoms with Crippen LogP contribution in [-0.4, -0.2) is 60.5 Å². The van der Waals surface area contributed by atoms with Crippen molar-refractivity contribution in [2.45, 2.75) is 39.7 Å². The standard InChI is InChI=1S/C28H32N2O5/c1-4-35-28(33)26-20(3)30(25(31)17-24(26)23-7-5-6-19(2)16-23)18-21-8-10-22(11-9-21)27(32)29-12-14-34-15-13-29/h5-11,16,24H,4,12-15,17-18H2,1-3H3. The van der Waals surface area contributed by atoms with Crippen LogP contribution in [0.1, 0.15) is 53.2 Å². The van der Waals surface area contributed by atoms with E-state index >= 15 is 0 Å². The van der Waals surface area contributed by atoms with Gasteiger partial charge in [0, 0.05) is 36.7 Å². The summed E-state index contributed by atoms with van der Waals surface area (Å²) < 4.78 is 10.7. The summed E-state index contributed by atoms with van der Waals surface area (Å²) in [5.74, 6) is -0.794. The number of esters is 1. The number of carbonyl (C=O) groups excluding carboxylic acids is 3. The normalized spacial score (nSPS) is 18.6. The zero-order valence-electron chi connectivity index (χ0n) is 20.6. The second kappa shape index (κ2) is 10.9. The van der Waals surface area contributed by atoms with Gasteiger partial charge in [0.05, 0.1) is 31.9 Å². The van der Waals surface area contributed by atoms with Crippen LogP contribution in [-0.2, 0) is 25.6 Å². The van der Waals surface area contributed by atoms with E-state index in [0.29, 0.717) is 49.7 Å². The largest absolute Gasteiger partial charge is 0.463 e. The van der Waals surface area contributed by atoms with Gasteiger partial charge >= 0.3 is 5.97 Å². The summed E-state index contributed by atoms with van der Waals surface area (Å²) in [7, 11) is 0. The lowest BCUT2D eigenvalue weighted by Gasteiger charge is -2.34. The SMILES string of the molecule is CCOC(=O)C1=C(C)N(Cc2ccc(C(=O)N3CCOCC3)cc2)C(=O)CC1c1cccc(C)c1. The molecule has 0 aliphatic carbocycles. The highest BCUT2D eigenvalue weighted by molar-refractivity contribution is 5.96. The van der Waals surface area contributed by atoms with Crippen LogP contribution in [0.25, 0.3) is 0 Å². The van der Waals surface area contributed by atoms with E-state index in [2.05, 4.69) is 0 Å². The van der Waals surface area contributed by atoms with Gasteiger partial charge in [0.25, 0.3) is 5.91 Å². The molecule has 0 radical (unpaired) electrons. The number of carbonyl (C=O) groups is 3. The lowest BCUT2D eigenvalue weighted by Crippen LogP contribution is -2.40. The lowest BCUT2D eigenvalue weighted by molar-refractivity contribution is -0.140. The molecular weight excluding hydrogens is 444 g/mol. The van der Waals surface area contributed by atoms with Gasteiger partial charge in [0.1, 0.15) is 0 Å². The Kier molecular flexibility index (Phi) is 7.66. The van der Waals surface area contributed by atoms with Crippen molar-refractivity contribution in [1.29, 1.82) is 0 Å². The molecule has 1 fully saturated rings. The molecule has 0 saturated carbocycles. The minimum absolute atomic E-state index is 0.0180. The van der Waals surface area contributed by atoms with Gasteiger partial charge in [0.2, 0.25) is 5.91 Å². The van der Waals surface area contributed by atoms with Crippen LogP contribution < -0.4 is 0 Å². The van der Waals surface area contributed by atoms with Gasteiger partial charge in [-0.2, -0.15) is 0 Å². The minimum atomic E-state index is -0.388. The van der Waals surface area contributed by atoms with Gasteiger partial charge in [-0.25, -0.2) is 4.79 Å². The van der Waals surface area contributed by atoms with Crippen molar-refractivity contribution in [3.05, 3.63) is 82.1 Å². The molecule has 7 heteroatoms. The molecule has 4 rings (SSSR count). The molecule has 0 bridgehead atoms. The Morgan fingerprint density at radius 1 is 1.06 bits per heavy atom. The van der Waals surface area contributed by atoms with Crippen molar-refractivity contribution in [3.63, 3.8) is 0 Å². The molecule has 7 nitrogen and oxygen atoms in total. The van der Waals surface area contributed by atoms with Crippen molar-refractivity contribution >= 4 is 17.8 Å². The molecule has 35 heavy (non-hydrogen) atoms. The van der Waals surface area contributed by atoms with Gasteiger partial charge in [-0.15, -0.1) is 0 Å².